The van der Waals surface area contributed by atoms with E-state index in [0.29, 0.717) is 5.75 Å². The molecule has 6 heteroatoms. The first kappa shape index (κ1) is 31.9. The first-order chi connectivity index (χ1) is 26.7. The Morgan fingerprint density at radius 2 is 1.11 bits per heavy atom. The number of anilines is 1. The van der Waals surface area contributed by atoms with Crippen LogP contribution in [0.3, 0.4) is 0 Å². The molecule has 0 radical (unpaired) electrons. The molecule has 3 aliphatic rings. The maximum Gasteiger partial charge on any atom is 0.228 e. The Balaban J connectivity index is 1.22. The van der Waals surface area contributed by atoms with Gasteiger partial charge in [0, 0.05) is 56.4 Å². The molecule has 0 bridgehead atoms. The zero-order valence-electron chi connectivity index (χ0n) is 30.4. The zero-order valence-corrected chi connectivity index (χ0v) is 30.4. The maximum absolute atomic E-state index is 14.4. The second-order valence-electron chi connectivity index (χ2n) is 15.4. The number of fused-ring (bicyclic) bond motifs is 14. The number of nitrogens with zero attached hydrogens (tertiary/aromatic N) is 2. The average molecular weight is 721 g/mol. The van der Waals surface area contributed by atoms with Crippen molar-refractivity contribution >= 4 is 66.8 Å². The molecule has 1 spiro atoms. The predicted octanol–water partition coefficient (Wildman–Crippen LogP) is 12.1. The first-order valence-corrected chi connectivity index (χ1v) is 18.6. The van der Waals surface area contributed by atoms with Gasteiger partial charge in [-0.1, -0.05) is 91.0 Å². The van der Waals surface area contributed by atoms with Crippen LogP contribution in [0.2, 0.25) is 0 Å². The van der Waals surface area contributed by atoms with Gasteiger partial charge in [-0.05, 0) is 90.2 Å². The number of ether oxygens (including phenoxy) is 2. The molecule has 266 valence electrons. The van der Waals surface area contributed by atoms with Crippen molar-refractivity contribution in [3.63, 3.8) is 0 Å². The minimum atomic E-state index is -1.16. The molecule has 1 unspecified atom stereocenters. The van der Waals surface area contributed by atoms with Gasteiger partial charge in [0.15, 0.2) is 11.4 Å². The average Bonchev–Trinajstić information content (AvgIpc) is 3.38. The van der Waals surface area contributed by atoms with Gasteiger partial charge in [0.2, 0.25) is 5.72 Å². The summed E-state index contributed by atoms with van der Waals surface area (Å²) in [4.78, 5) is 7.48. The monoisotopic (exact) mass is 720 g/mol. The van der Waals surface area contributed by atoms with Gasteiger partial charge < -0.3 is 14.4 Å². The van der Waals surface area contributed by atoms with Crippen LogP contribution >= 0.6 is 0 Å². The number of para-hydroxylation sites is 1. The van der Waals surface area contributed by atoms with Crippen LogP contribution in [0.1, 0.15) is 36.1 Å². The second kappa shape index (κ2) is 11.0. The lowest BCUT2D eigenvalue weighted by Crippen LogP contribution is -2.61. The Hall–Kier alpha value is -6.53. The van der Waals surface area contributed by atoms with Crippen molar-refractivity contribution in [2.45, 2.75) is 30.6 Å². The van der Waals surface area contributed by atoms with E-state index in [-0.39, 0.29) is 11.6 Å². The van der Waals surface area contributed by atoms with Crippen LogP contribution in [0.4, 0.5) is 20.2 Å². The van der Waals surface area contributed by atoms with E-state index >= 15 is 0 Å². The fraction of sp³-hybridized carbons (Fsp3) is 0.122. The summed E-state index contributed by atoms with van der Waals surface area (Å²) in [6, 6.07) is 42.3. The number of likely N-dealkylation sites (N-methyl/N-ethyl adjacent to an activating group) is 1. The van der Waals surface area contributed by atoms with Crippen molar-refractivity contribution in [1.82, 2.24) is 0 Å². The van der Waals surface area contributed by atoms with Gasteiger partial charge in [0.25, 0.3) is 0 Å². The molecule has 0 saturated carbocycles. The molecule has 0 N–H and O–H groups in total. The Morgan fingerprint density at radius 1 is 0.564 bits per heavy atom. The molecule has 4 nitrogen and oxygen atoms in total. The molecule has 8 aromatic rings. The van der Waals surface area contributed by atoms with Gasteiger partial charge in [-0.25, -0.2) is 8.78 Å². The lowest BCUT2D eigenvalue weighted by molar-refractivity contribution is 0.0844. The summed E-state index contributed by atoms with van der Waals surface area (Å²) in [6.45, 7) is 4.45. The summed E-state index contributed by atoms with van der Waals surface area (Å²) < 4.78 is 43.5. The quantitative estimate of drug-likeness (QED) is 0.167. The highest BCUT2D eigenvalue weighted by Gasteiger charge is 2.58. The molecular formula is C49H34F2N2O2. The van der Waals surface area contributed by atoms with E-state index in [0.717, 1.165) is 76.9 Å². The van der Waals surface area contributed by atoms with Gasteiger partial charge in [-0.15, -0.1) is 0 Å². The summed E-state index contributed by atoms with van der Waals surface area (Å²) in [7, 11) is 2.09. The number of hydrogen-bond donors (Lipinski definition) is 0. The van der Waals surface area contributed by atoms with Crippen molar-refractivity contribution in [2.75, 3.05) is 11.9 Å². The third-order valence-electron chi connectivity index (χ3n) is 12.3. The third kappa shape index (κ3) is 4.11. The van der Waals surface area contributed by atoms with Gasteiger partial charge in [-0.3, -0.25) is 4.99 Å². The first-order valence-electron chi connectivity index (χ1n) is 18.6. The van der Waals surface area contributed by atoms with Crippen LogP contribution < -0.4 is 14.4 Å². The Labute approximate surface area is 316 Å². The molecule has 11 rings (SSSR count). The van der Waals surface area contributed by atoms with E-state index in [1.807, 2.05) is 18.4 Å². The van der Waals surface area contributed by atoms with Crippen molar-refractivity contribution in [3.05, 3.63) is 173 Å². The van der Waals surface area contributed by atoms with Crippen molar-refractivity contribution in [2.24, 2.45) is 4.99 Å². The van der Waals surface area contributed by atoms with E-state index in [9.17, 15) is 8.78 Å². The summed E-state index contributed by atoms with van der Waals surface area (Å²) in [5.74, 6) is 0.734. The van der Waals surface area contributed by atoms with Crippen LogP contribution in [-0.4, -0.2) is 19.0 Å². The Bertz CT molecular complexity index is 2960. The number of rotatable bonds is 2. The summed E-state index contributed by atoms with van der Waals surface area (Å²) >= 11 is 0. The van der Waals surface area contributed by atoms with Crippen molar-refractivity contribution in [1.29, 1.82) is 0 Å². The summed E-state index contributed by atoms with van der Waals surface area (Å²) in [5.41, 5.74) is 3.07. The molecule has 0 aliphatic carbocycles. The van der Waals surface area contributed by atoms with Gasteiger partial charge in [0.1, 0.15) is 23.1 Å². The molecule has 55 heavy (non-hydrogen) atoms. The SMILES string of the molecule is CN1c2ccccc2C(C)(C)C12C=Nc1c(c3ccc4c5c(c6ccccc6c4c3c3ccccc13)C=CC(c1ccc(F)cc1)(c1ccc(F)cc1)O5)O2. The Kier molecular flexibility index (Phi) is 6.40. The van der Waals surface area contributed by atoms with Crippen LogP contribution in [0.15, 0.2) is 145 Å². The molecule has 3 aliphatic heterocycles. The normalized spacial score (nSPS) is 18.7. The highest BCUT2D eigenvalue weighted by atomic mass is 19.1. The second-order valence-corrected chi connectivity index (χ2v) is 15.4. The zero-order chi connectivity index (χ0) is 37.3. The predicted molar refractivity (Wildman–Crippen MR) is 219 cm³/mol. The summed E-state index contributed by atoms with van der Waals surface area (Å²) in [6.07, 6.45) is 6.09. The van der Waals surface area contributed by atoms with Crippen LogP contribution in [-0.2, 0) is 11.0 Å². The molecule has 3 heterocycles. The van der Waals surface area contributed by atoms with Gasteiger partial charge >= 0.3 is 0 Å². The molecule has 0 fully saturated rings. The molecular weight excluding hydrogens is 687 g/mol. The molecule has 8 aromatic carbocycles. The lowest BCUT2D eigenvalue weighted by Gasteiger charge is -2.45. The fourth-order valence-corrected chi connectivity index (χ4v) is 9.54. The fourth-order valence-electron chi connectivity index (χ4n) is 9.54. The smallest absolute Gasteiger partial charge is 0.228 e. The number of aliphatic imine (C=N–C) groups is 1. The maximum atomic E-state index is 14.4. The molecule has 0 aromatic heterocycles. The minimum Gasteiger partial charge on any atom is -0.472 e. The molecule has 1 atom stereocenters. The molecule has 0 saturated heterocycles. The van der Waals surface area contributed by atoms with Crippen LogP contribution in [0.25, 0.3) is 49.2 Å². The highest BCUT2D eigenvalue weighted by Crippen LogP contribution is 2.58. The van der Waals surface area contributed by atoms with E-state index < -0.39 is 16.7 Å². The summed E-state index contributed by atoms with van der Waals surface area (Å²) in [5, 5.41) is 8.11. The van der Waals surface area contributed by atoms with Gasteiger partial charge in [0.05, 0.1) is 11.6 Å². The largest absolute Gasteiger partial charge is 0.472 e. The van der Waals surface area contributed by atoms with E-state index in [1.54, 1.807) is 24.3 Å². The number of halogens is 2. The van der Waals surface area contributed by atoms with Crippen LogP contribution in [0.5, 0.6) is 11.5 Å². The minimum absolute atomic E-state index is 0.347. The lowest BCUT2D eigenvalue weighted by atomic mass is 9.77. The van der Waals surface area contributed by atoms with E-state index in [2.05, 4.69) is 111 Å². The number of hydrogen-bond acceptors (Lipinski definition) is 4. The van der Waals surface area contributed by atoms with E-state index in [4.69, 9.17) is 14.5 Å². The Morgan fingerprint density at radius 3 is 1.75 bits per heavy atom. The third-order valence-corrected chi connectivity index (χ3v) is 12.3. The van der Waals surface area contributed by atoms with E-state index in [1.165, 1.54) is 29.8 Å². The topological polar surface area (TPSA) is 34.1 Å². The standard InChI is InChI=1S/C49H34F2N2O2/c1-47(2)40-14-8-9-15-41(40)53(3)49(47)28-52-44-36-13-7-6-12-35(36)43-39(46(44)55-49)25-24-38-42(43)34-11-5-4-10-33(34)37-26-27-48(54-45(37)38,29-16-20-31(50)21-17-29)30-18-22-32(51)23-19-30/h4-28H,1-3H3. The van der Waals surface area contributed by atoms with Crippen molar-refractivity contribution in [3.8, 4) is 11.5 Å². The highest BCUT2D eigenvalue weighted by molar-refractivity contribution is 6.32. The number of benzene rings is 8. The van der Waals surface area contributed by atoms with Crippen LogP contribution in [0, 0.1) is 11.6 Å². The van der Waals surface area contributed by atoms with Crippen molar-refractivity contribution < 1.29 is 18.3 Å². The molecule has 0 amide bonds. The van der Waals surface area contributed by atoms with Gasteiger partial charge in [-0.2, -0.15) is 0 Å².